The minimum absolute atomic E-state index is 0.381. The maximum absolute atomic E-state index is 13.1. The van der Waals surface area contributed by atoms with Gasteiger partial charge in [0.25, 0.3) is 0 Å². The zero-order valence-corrected chi connectivity index (χ0v) is 21.7. The van der Waals surface area contributed by atoms with Gasteiger partial charge in [0.05, 0.1) is 36.1 Å². The summed E-state index contributed by atoms with van der Waals surface area (Å²) in [6.07, 6.45) is -2.82. The number of aliphatic hydroxyl groups is 1. The maximum atomic E-state index is 13.1. The average molecular weight is 533 g/mol. The second kappa shape index (κ2) is 10.6. The Balaban J connectivity index is 1.41. The normalized spacial score (nSPS) is 15.4. The SMILES string of the molecule is COc1cc(N2CCN(C(=O)NC(c3ccc(C(F)(F)F)cc3)C(C)(C)O)CC2)ccc1-c1cnc(C)o1. The number of carbonyl (C=O) groups excluding carboxylic acids is 1. The van der Waals surface area contributed by atoms with E-state index in [9.17, 15) is 23.1 Å². The van der Waals surface area contributed by atoms with Crippen LogP contribution >= 0.6 is 0 Å². The number of alkyl halides is 3. The predicted molar refractivity (Wildman–Crippen MR) is 136 cm³/mol. The molecule has 0 spiro atoms. The minimum Gasteiger partial charge on any atom is -0.496 e. The first-order chi connectivity index (χ1) is 17.9. The summed E-state index contributed by atoms with van der Waals surface area (Å²) in [6.45, 7) is 6.74. The van der Waals surface area contributed by atoms with Crippen LogP contribution in [-0.2, 0) is 6.18 Å². The second-order valence-electron chi connectivity index (χ2n) is 9.76. The van der Waals surface area contributed by atoms with Gasteiger partial charge >= 0.3 is 12.2 Å². The lowest BCUT2D eigenvalue weighted by molar-refractivity contribution is -0.137. The molecule has 11 heteroatoms. The van der Waals surface area contributed by atoms with Crippen molar-refractivity contribution in [3.63, 3.8) is 0 Å². The van der Waals surface area contributed by atoms with Gasteiger partial charge in [0.1, 0.15) is 5.75 Å². The molecule has 1 aromatic heterocycles. The number of carbonyl (C=O) groups is 1. The molecule has 8 nitrogen and oxygen atoms in total. The molecule has 1 aliphatic heterocycles. The van der Waals surface area contributed by atoms with Crippen LogP contribution in [0.2, 0.25) is 0 Å². The molecule has 0 saturated carbocycles. The number of hydrogen-bond acceptors (Lipinski definition) is 6. The Morgan fingerprint density at radius 1 is 1.11 bits per heavy atom. The number of nitrogens with one attached hydrogen (secondary N) is 1. The number of anilines is 1. The lowest BCUT2D eigenvalue weighted by Crippen LogP contribution is -2.54. The van der Waals surface area contributed by atoms with E-state index >= 15 is 0 Å². The fourth-order valence-corrected chi connectivity index (χ4v) is 4.48. The highest BCUT2D eigenvalue weighted by molar-refractivity contribution is 5.75. The van der Waals surface area contributed by atoms with Gasteiger partial charge in [-0.25, -0.2) is 9.78 Å². The van der Waals surface area contributed by atoms with Crippen molar-refractivity contribution in [2.75, 3.05) is 38.2 Å². The molecule has 204 valence electrons. The van der Waals surface area contributed by atoms with Gasteiger partial charge in [-0.3, -0.25) is 0 Å². The third-order valence-corrected chi connectivity index (χ3v) is 6.55. The number of methoxy groups -OCH3 is 1. The number of urea groups is 1. The average Bonchev–Trinajstić information content (AvgIpc) is 3.31. The molecule has 0 radical (unpaired) electrons. The van der Waals surface area contributed by atoms with E-state index in [4.69, 9.17) is 9.15 Å². The maximum Gasteiger partial charge on any atom is 0.416 e. The van der Waals surface area contributed by atoms with Crippen LogP contribution in [0, 0.1) is 6.92 Å². The Labute approximate surface area is 219 Å². The van der Waals surface area contributed by atoms with Crippen LogP contribution < -0.4 is 15.0 Å². The molecule has 1 fully saturated rings. The fourth-order valence-electron chi connectivity index (χ4n) is 4.48. The molecule has 38 heavy (non-hydrogen) atoms. The lowest BCUT2D eigenvalue weighted by atomic mass is 9.91. The Morgan fingerprint density at radius 3 is 2.29 bits per heavy atom. The summed E-state index contributed by atoms with van der Waals surface area (Å²) in [5, 5.41) is 13.5. The highest BCUT2D eigenvalue weighted by Crippen LogP contribution is 2.35. The number of aryl methyl sites for hydroxylation is 1. The van der Waals surface area contributed by atoms with Crippen molar-refractivity contribution in [1.82, 2.24) is 15.2 Å². The Kier molecular flexibility index (Phi) is 7.59. The van der Waals surface area contributed by atoms with Crippen LogP contribution in [0.15, 0.2) is 53.1 Å². The molecule has 1 atom stereocenters. The molecule has 2 aromatic carbocycles. The van der Waals surface area contributed by atoms with E-state index in [1.54, 1.807) is 25.1 Å². The molecule has 0 bridgehead atoms. The molecular formula is C27H31F3N4O4. The number of benzene rings is 2. The van der Waals surface area contributed by atoms with Crippen molar-refractivity contribution in [2.24, 2.45) is 0 Å². The first-order valence-corrected chi connectivity index (χ1v) is 12.2. The summed E-state index contributed by atoms with van der Waals surface area (Å²) in [6, 6.07) is 8.94. The summed E-state index contributed by atoms with van der Waals surface area (Å²) >= 11 is 0. The first kappa shape index (κ1) is 27.3. The number of hydrogen-bond donors (Lipinski definition) is 2. The summed E-state index contributed by atoms with van der Waals surface area (Å²) in [5.74, 6) is 1.82. The van der Waals surface area contributed by atoms with Gasteiger partial charge in [-0.1, -0.05) is 12.1 Å². The molecule has 1 aliphatic rings. The van der Waals surface area contributed by atoms with Crippen LogP contribution in [0.1, 0.15) is 36.9 Å². The number of halogens is 3. The Bertz CT molecular complexity index is 1260. The second-order valence-corrected chi connectivity index (χ2v) is 9.76. The molecule has 2 amide bonds. The van der Waals surface area contributed by atoms with Crippen LogP contribution in [0.4, 0.5) is 23.7 Å². The number of oxazole rings is 1. The van der Waals surface area contributed by atoms with Gasteiger partial charge in [-0.2, -0.15) is 13.2 Å². The van der Waals surface area contributed by atoms with Gasteiger partial charge in [0.15, 0.2) is 11.7 Å². The number of piperazine rings is 1. The van der Waals surface area contributed by atoms with Crippen LogP contribution in [0.3, 0.4) is 0 Å². The minimum atomic E-state index is -4.47. The third-order valence-electron chi connectivity index (χ3n) is 6.55. The summed E-state index contributed by atoms with van der Waals surface area (Å²) < 4.78 is 50.1. The van der Waals surface area contributed by atoms with Gasteiger partial charge in [0.2, 0.25) is 0 Å². The highest BCUT2D eigenvalue weighted by Gasteiger charge is 2.34. The van der Waals surface area contributed by atoms with Crippen molar-refractivity contribution < 1.29 is 32.2 Å². The van der Waals surface area contributed by atoms with E-state index in [-0.39, 0.29) is 0 Å². The molecule has 4 rings (SSSR count). The van der Waals surface area contributed by atoms with Crippen LogP contribution in [0.5, 0.6) is 5.75 Å². The van der Waals surface area contributed by atoms with E-state index in [0.29, 0.717) is 49.1 Å². The topological polar surface area (TPSA) is 91.1 Å². The number of aromatic nitrogens is 1. The molecule has 2 N–H and O–H groups in total. The third kappa shape index (κ3) is 6.04. The number of ether oxygens (including phenoxy) is 1. The van der Waals surface area contributed by atoms with Crippen molar-refractivity contribution in [3.05, 3.63) is 65.7 Å². The van der Waals surface area contributed by atoms with Gasteiger partial charge in [-0.05, 0) is 43.7 Å². The standard InChI is InChI=1S/C27H31F3N4O4/c1-17-31-16-23(38-17)21-10-9-20(15-22(21)37-4)33-11-13-34(14-12-33)25(35)32-24(26(2,3)36)18-5-7-19(8-6-18)27(28,29)30/h5-10,15-16,24,36H,11-14H2,1-4H3,(H,32,35). The first-order valence-electron chi connectivity index (χ1n) is 12.2. The van der Waals surface area contributed by atoms with Gasteiger partial charge < -0.3 is 29.4 Å². The monoisotopic (exact) mass is 532 g/mol. The van der Waals surface area contributed by atoms with E-state index in [2.05, 4.69) is 15.2 Å². The Morgan fingerprint density at radius 2 is 1.76 bits per heavy atom. The van der Waals surface area contributed by atoms with Crippen molar-refractivity contribution in [3.8, 4) is 17.1 Å². The molecule has 1 saturated heterocycles. The number of amides is 2. The van der Waals surface area contributed by atoms with Crippen molar-refractivity contribution in [1.29, 1.82) is 0 Å². The smallest absolute Gasteiger partial charge is 0.416 e. The van der Waals surface area contributed by atoms with Crippen LogP contribution in [0.25, 0.3) is 11.3 Å². The zero-order chi connectivity index (χ0) is 27.7. The zero-order valence-electron chi connectivity index (χ0n) is 21.7. The highest BCUT2D eigenvalue weighted by atomic mass is 19.4. The van der Waals surface area contributed by atoms with E-state index < -0.39 is 29.4 Å². The quantitative estimate of drug-likeness (QED) is 0.463. The Hall–Kier alpha value is -3.73. The summed E-state index contributed by atoms with van der Waals surface area (Å²) in [4.78, 5) is 21.0. The molecular weight excluding hydrogens is 501 g/mol. The molecule has 1 unspecified atom stereocenters. The van der Waals surface area contributed by atoms with Gasteiger partial charge in [-0.15, -0.1) is 0 Å². The van der Waals surface area contributed by atoms with E-state index in [1.807, 2.05) is 18.2 Å². The largest absolute Gasteiger partial charge is 0.496 e. The molecule has 3 aromatic rings. The number of nitrogens with zero attached hydrogens (tertiary/aromatic N) is 3. The summed E-state index contributed by atoms with van der Waals surface area (Å²) in [5.41, 5.74) is -0.0976. The van der Waals surface area contributed by atoms with Crippen molar-refractivity contribution >= 4 is 11.7 Å². The lowest BCUT2D eigenvalue weighted by Gasteiger charge is -2.38. The summed E-state index contributed by atoms with van der Waals surface area (Å²) in [7, 11) is 1.59. The van der Waals surface area contributed by atoms with Crippen molar-refractivity contribution in [2.45, 2.75) is 38.6 Å². The predicted octanol–water partition coefficient (Wildman–Crippen LogP) is 5.02. The van der Waals surface area contributed by atoms with E-state index in [0.717, 1.165) is 23.4 Å². The molecule has 2 heterocycles. The number of rotatable bonds is 6. The van der Waals surface area contributed by atoms with E-state index in [1.165, 1.54) is 26.0 Å². The fraction of sp³-hybridized carbons (Fsp3) is 0.407. The molecule has 0 aliphatic carbocycles. The van der Waals surface area contributed by atoms with Crippen LogP contribution in [-0.4, -0.2) is 59.9 Å². The van der Waals surface area contributed by atoms with Gasteiger partial charge in [0, 0.05) is 44.9 Å².